The van der Waals surface area contributed by atoms with E-state index in [0.717, 1.165) is 11.1 Å². The van der Waals surface area contributed by atoms with Gasteiger partial charge in [-0.15, -0.1) is 0 Å². The van der Waals surface area contributed by atoms with Crippen molar-refractivity contribution in [3.05, 3.63) is 50.4 Å². The molecule has 1 aromatic carbocycles. The van der Waals surface area contributed by atoms with Gasteiger partial charge in [-0.2, -0.15) is 11.3 Å². The molecule has 0 spiro atoms. The molecule has 8 heteroatoms. The molecule has 3 aromatic rings. The third-order valence-electron chi connectivity index (χ3n) is 3.06. The Labute approximate surface area is 128 Å². The Morgan fingerprint density at radius 1 is 1.24 bits per heavy atom. The van der Waals surface area contributed by atoms with Crippen molar-refractivity contribution in [2.24, 2.45) is 0 Å². The molecule has 0 atom stereocenters. The molecule has 0 radical (unpaired) electrons. The fraction of sp³-hybridized carbons (Fsp3) is 0. The molecule has 3 N–H and O–H groups in total. The van der Waals surface area contributed by atoms with Gasteiger partial charge in [0.15, 0.2) is 0 Å². The first-order chi connectivity index (χ1) is 9.86. The summed E-state index contributed by atoms with van der Waals surface area (Å²) in [6.07, 6.45) is 0. The Kier molecular flexibility index (Phi) is 3.51. The summed E-state index contributed by atoms with van der Waals surface area (Å²) in [4.78, 5) is 32.6. The second-order valence-electron chi connectivity index (χ2n) is 4.46. The van der Waals surface area contributed by atoms with Gasteiger partial charge in [-0.25, -0.2) is 0 Å². The van der Waals surface area contributed by atoms with E-state index in [1.54, 1.807) is 12.1 Å². The van der Waals surface area contributed by atoms with Crippen molar-refractivity contribution in [3.8, 4) is 11.1 Å². The summed E-state index contributed by atoms with van der Waals surface area (Å²) >= 11 is 7.72. The molecule has 0 bridgehead atoms. The van der Waals surface area contributed by atoms with Crippen molar-refractivity contribution < 1.29 is 14.4 Å². The maximum Gasteiger partial charge on any atom is 0.361 e. The number of rotatable bonds is 2. The second kappa shape index (κ2) is 5.09. The lowest BCUT2D eigenvalue weighted by Gasteiger charge is -2.08. The molecule has 108 valence electrons. The lowest BCUT2D eigenvalue weighted by molar-refractivity contribution is 0.387. The van der Waals surface area contributed by atoms with Crippen LogP contribution in [0, 0.1) is 0 Å². The van der Waals surface area contributed by atoms with Gasteiger partial charge < -0.3 is 14.8 Å². The molecule has 0 aliphatic heterocycles. The van der Waals surface area contributed by atoms with E-state index in [4.69, 9.17) is 11.6 Å². The Bertz CT molecular complexity index is 929. The number of hydrogen-bond donors (Lipinski definition) is 3. The quantitative estimate of drug-likeness (QED) is 0.625. The topological polar surface area (TPSA) is 90.4 Å². The minimum atomic E-state index is -4.62. The number of halogens is 1. The number of fused-ring (bicyclic) bond motifs is 1. The number of pyridine rings is 1. The van der Waals surface area contributed by atoms with Gasteiger partial charge in [-0.1, -0.05) is 11.6 Å². The zero-order chi connectivity index (χ0) is 15.2. The smallest absolute Gasteiger partial charge is 0.321 e. The van der Waals surface area contributed by atoms with Crippen LogP contribution in [0.5, 0.6) is 0 Å². The molecule has 0 amide bonds. The van der Waals surface area contributed by atoms with Crippen LogP contribution in [0.2, 0.25) is 5.02 Å². The summed E-state index contributed by atoms with van der Waals surface area (Å²) in [6.45, 7) is 0. The van der Waals surface area contributed by atoms with Gasteiger partial charge in [0.25, 0.3) is 5.56 Å². The highest BCUT2D eigenvalue weighted by molar-refractivity contribution is 7.60. The summed E-state index contributed by atoms with van der Waals surface area (Å²) in [5.74, 6) is 0. The van der Waals surface area contributed by atoms with Gasteiger partial charge in [0.05, 0.1) is 5.02 Å². The average Bonchev–Trinajstić information content (AvgIpc) is 2.89. The standard InChI is InChI=1S/C13H9ClNO4PS/c14-10-5-11-8(3-9(10)7-1-2-21-6-7)4-12(13(16)15-11)20(17,18)19/h1-6H,(H,15,16)(H2,17,18,19). The number of aromatic amines is 1. The highest BCUT2D eigenvalue weighted by Crippen LogP contribution is 2.35. The van der Waals surface area contributed by atoms with Crippen LogP contribution >= 0.6 is 30.5 Å². The molecule has 3 rings (SSSR count). The Morgan fingerprint density at radius 2 is 2.00 bits per heavy atom. The van der Waals surface area contributed by atoms with Crippen molar-refractivity contribution in [1.82, 2.24) is 4.98 Å². The number of H-pyrrole nitrogens is 1. The highest BCUT2D eigenvalue weighted by Gasteiger charge is 2.22. The highest BCUT2D eigenvalue weighted by atomic mass is 35.5. The molecule has 0 saturated carbocycles. The second-order valence-corrected chi connectivity index (χ2v) is 7.22. The normalized spacial score (nSPS) is 12.0. The lowest BCUT2D eigenvalue weighted by Crippen LogP contribution is -2.26. The van der Waals surface area contributed by atoms with Gasteiger partial charge in [-0.05, 0) is 46.0 Å². The van der Waals surface area contributed by atoms with E-state index >= 15 is 0 Å². The van der Waals surface area contributed by atoms with Crippen LogP contribution in [0.3, 0.4) is 0 Å². The van der Waals surface area contributed by atoms with Crippen LogP contribution in [0.25, 0.3) is 22.0 Å². The van der Waals surface area contributed by atoms with E-state index in [-0.39, 0.29) is 0 Å². The molecule has 0 saturated heterocycles. The van der Waals surface area contributed by atoms with Crippen LogP contribution in [0.15, 0.2) is 39.8 Å². The maximum atomic E-state index is 11.7. The third-order valence-corrected chi connectivity index (χ3v) is 5.01. The Balaban J connectivity index is 2.32. The van der Waals surface area contributed by atoms with Crippen molar-refractivity contribution in [2.45, 2.75) is 0 Å². The van der Waals surface area contributed by atoms with Crippen LogP contribution in [0.1, 0.15) is 0 Å². The molecule has 0 unspecified atom stereocenters. The van der Waals surface area contributed by atoms with Crippen LogP contribution in [-0.4, -0.2) is 14.8 Å². The number of hydrogen-bond acceptors (Lipinski definition) is 3. The fourth-order valence-corrected chi connectivity index (χ4v) is 3.63. The predicted octanol–water partition coefficient (Wildman–Crippen LogP) is 2.71. The minimum absolute atomic E-state index is 0.432. The van der Waals surface area contributed by atoms with Crippen LogP contribution < -0.4 is 10.9 Å². The molecule has 21 heavy (non-hydrogen) atoms. The molecule has 2 aromatic heterocycles. The first-order valence-electron chi connectivity index (χ1n) is 5.81. The first kappa shape index (κ1) is 14.5. The van der Waals surface area contributed by atoms with Gasteiger partial charge in [0.2, 0.25) is 0 Å². The minimum Gasteiger partial charge on any atom is -0.321 e. The van der Waals surface area contributed by atoms with Gasteiger partial charge in [0, 0.05) is 11.1 Å². The summed E-state index contributed by atoms with van der Waals surface area (Å²) in [5, 5.41) is 4.25. The van der Waals surface area contributed by atoms with E-state index in [1.165, 1.54) is 17.4 Å². The molecular formula is C13H9ClNO4PS. The molecule has 0 aliphatic carbocycles. The van der Waals surface area contributed by atoms with Crippen LogP contribution in [-0.2, 0) is 4.57 Å². The number of nitrogens with one attached hydrogen (secondary N) is 1. The molecule has 2 heterocycles. The summed E-state index contributed by atoms with van der Waals surface area (Å²) in [5.41, 5.74) is 1.28. The summed E-state index contributed by atoms with van der Waals surface area (Å²) in [7, 11) is -4.62. The summed E-state index contributed by atoms with van der Waals surface area (Å²) < 4.78 is 11.3. The maximum absolute atomic E-state index is 11.7. The van der Waals surface area contributed by atoms with Gasteiger partial charge in [-0.3, -0.25) is 9.36 Å². The predicted molar refractivity (Wildman–Crippen MR) is 84.6 cm³/mol. The van der Waals surface area contributed by atoms with Gasteiger partial charge in [0.1, 0.15) is 5.30 Å². The van der Waals surface area contributed by atoms with E-state index < -0.39 is 18.5 Å². The molecule has 5 nitrogen and oxygen atoms in total. The zero-order valence-electron chi connectivity index (χ0n) is 10.4. The van der Waals surface area contributed by atoms with Crippen molar-refractivity contribution in [2.75, 3.05) is 0 Å². The van der Waals surface area contributed by atoms with Crippen molar-refractivity contribution in [1.29, 1.82) is 0 Å². The number of benzene rings is 1. The number of aromatic nitrogens is 1. The van der Waals surface area contributed by atoms with E-state index in [1.807, 2.05) is 16.8 Å². The average molecular weight is 342 g/mol. The van der Waals surface area contributed by atoms with E-state index in [9.17, 15) is 19.1 Å². The van der Waals surface area contributed by atoms with Crippen molar-refractivity contribution in [3.63, 3.8) is 0 Å². The zero-order valence-corrected chi connectivity index (χ0v) is 12.9. The third kappa shape index (κ3) is 2.69. The van der Waals surface area contributed by atoms with Crippen LogP contribution in [0.4, 0.5) is 0 Å². The fourth-order valence-electron chi connectivity index (χ4n) is 2.07. The largest absolute Gasteiger partial charge is 0.361 e. The Hall–Kier alpha value is -1.43. The van der Waals surface area contributed by atoms with Gasteiger partial charge >= 0.3 is 7.60 Å². The van der Waals surface area contributed by atoms with E-state index in [2.05, 4.69) is 4.98 Å². The SMILES string of the molecule is O=c1[nH]c2cc(Cl)c(-c3ccsc3)cc2cc1P(=O)(O)O. The van der Waals surface area contributed by atoms with Crippen molar-refractivity contribution >= 4 is 46.7 Å². The molecule has 0 aliphatic rings. The Morgan fingerprint density at radius 3 is 2.62 bits per heavy atom. The summed E-state index contributed by atoms with van der Waals surface area (Å²) in [6, 6.07) is 6.39. The first-order valence-corrected chi connectivity index (χ1v) is 8.75. The lowest BCUT2D eigenvalue weighted by atomic mass is 10.1. The van der Waals surface area contributed by atoms with E-state index in [0.29, 0.717) is 15.9 Å². The molecular weight excluding hydrogens is 333 g/mol. The monoisotopic (exact) mass is 341 g/mol. The number of thiophene rings is 1. The molecule has 0 fully saturated rings.